The summed E-state index contributed by atoms with van der Waals surface area (Å²) < 4.78 is 50.2. The molecule has 1 aromatic carbocycles. The van der Waals surface area contributed by atoms with Gasteiger partial charge in [-0.05, 0) is 37.3 Å². The van der Waals surface area contributed by atoms with Crippen molar-refractivity contribution in [3.63, 3.8) is 0 Å². The number of halogens is 3. The number of benzene rings is 1. The van der Waals surface area contributed by atoms with Gasteiger partial charge in [-0.25, -0.2) is 18.2 Å². The second-order valence-electron chi connectivity index (χ2n) is 6.69. The molecule has 0 bridgehead atoms. The Labute approximate surface area is 153 Å². The molecule has 2 heterocycles. The Bertz CT molecular complexity index is 857. The molecule has 0 amide bonds. The molecule has 0 spiro atoms. The van der Waals surface area contributed by atoms with Crippen LogP contribution >= 0.6 is 0 Å². The quantitative estimate of drug-likeness (QED) is 0.804. The molecule has 0 aliphatic carbocycles. The van der Waals surface area contributed by atoms with Gasteiger partial charge in [0.15, 0.2) is 6.10 Å². The van der Waals surface area contributed by atoms with Gasteiger partial charge >= 0.3 is 5.97 Å². The first kappa shape index (κ1) is 19.2. The lowest BCUT2D eigenvalue weighted by Crippen LogP contribution is -2.31. The van der Waals surface area contributed by atoms with Crippen LogP contribution in [-0.4, -0.2) is 35.7 Å². The molecule has 1 aliphatic heterocycles. The second-order valence-corrected chi connectivity index (χ2v) is 6.69. The van der Waals surface area contributed by atoms with E-state index in [4.69, 9.17) is 9.47 Å². The van der Waals surface area contributed by atoms with Crippen molar-refractivity contribution in [2.24, 2.45) is 0 Å². The summed E-state index contributed by atoms with van der Waals surface area (Å²) in [7, 11) is 0. The van der Waals surface area contributed by atoms with Crippen LogP contribution in [0.2, 0.25) is 0 Å². The van der Waals surface area contributed by atoms with Crippen LogP contribution in [0.1, 0.15) is 31.2 Å². The van der Waals surface area contributed by atoms with Crippen molar-refractivity contribution in [1.29, 1.82) is 0 Å². The van der Waals surface area contributed by atoms with Gasteiger partial charge in [0, 0.05) is 18.1 Å². The van der Waals surface area contributed by atoms with Gasteiger partial charge in [-0.1, -0.05) is 0 Å². The zero-order valence-electron chi connectivity index (χ0n) is 14.7. The fourth-order valence-corrected chi connectivity index (χ4v) is 2.92. The molecular weight excluding hydrogens is 363 g/mol. The van der Waals surface area contributed by atoms with Gasteiger partial charge < -0.3 is 14.6 Å². The molecule has 1 aliphatic rings. The van der Waals surface area contributed by atoms with Crippen LogP contribution in [0.25, 0.3) is 11.3 Å². The van der Waals surface area contributed by atoms with E-state index in [2.05, 4.69) is 4.98 Å². The number of rotatable bonds is 5. The van der Waals surface area contributed by atoms with Crippen molar-refractivity contribution in [3.05, 3.63) is 47.4 Å². The number of hydrogen-bond donors (Lipinski definition) is 1. The third-order valence-electron chi connectivity index (χ3n) is 4.43. The third kappa shape index (κ3) is 3.75. The Morgan fingerprint density at radius 1 is 1.37 bits per heavy atom. The van der Waals surface area contributed by atoms with Crippen LogP contribution < -0.4 is 4.74 Å². The molecule has 27 heavy (non-hydrogen) atoms. The maximum atomic E-state index is 13.2. The summed E-state index contributed by atoms with van der Waals surface area (Å²) >= 11 is 0. The molecule has 0 saturated heterocycles. The van der Waals surface area contributed by atoms with E-state index in [9.17, 15) is 23.1 Å². The third-order valence-corrected chi connectivity index (χ3v) is 4.43. The molecule has 144 valence electrons. The molecule has 2 atom stereocenters. The van der Waals surface area contributed by atoms with E-state index in [-0.39, 0.29) is 24.6 Å². The fraction of sp³-hybridized carbons (Fsp3) is 0.368. The summed E-state index contributed by atoms with van der Waals surface area (Å²) in [6.07, 6.45) is -5.12. The topological polar surface area (TPSA) is 68.7 Å². The van der Waals surface area contributed by atoms with E-state index >= 15 is 0 Å². The SMILES string of the molecule is CC(=O)OCC1(C)COc2c1cc(C(O)C(F)F)nc2-c1ccc(F)cc1. The highest BCUT2D eigenvalue weighted by Crippen LogP contribution is 2.45. The molecule has 0 saturated carbocycles. The van der Waals surface area contributed by atoms with Gasteiger partial charge in [0.2, 0.25) is 0 Å². The summed E-state index contributed by atoms with van der Waals surface area (Å²) in [5, 5.41) is 9.83. The predicted octanol–water partition coefficient (Wildman–Crippen LogP) is 3.40. The van der Waals surface area contributed by atoms with Crippen molar-refractivity contribution in [3.8, 4) is 17.0 Å². The van der Waals surface area contributed by atoms with E-state index in [1.165, 1.54) is 37.3 Å². The molecule has 5 nitrogen and oxygen atoms in total. The predicted molar refractivity (Wildman–Crippen MR) is 90.1 cm³/mol. The number of ether oxygens (including phenoxy) is 2. The summed E-state index contributed by atoms with van der Waals surface area (Å²) in [4.78, 5) is 15.3. The normalized spacial score (nSPS) is 19.5. The van der Waals surface area contributed by atoms with E-state index in [1.54, 1.807) is 6.92 Å². The maximum absolute atomic E-state index is 13.2. The van der Waals surface area contributed by atoms with Crippen LogP contribution in [-0.2, 0) is 14.9 Å². The number of aliphatic hydroxyl groups is 1. The first-order chi connectivity index (χ1) is 12.7. The smallest absolute Gasteiger partial charge is 0.302 e. The molecule has 2 unspecified atom stereocenters. The Hall–Kier alpha value is -2.61. The average molecular weight is 381 g/mol. The zero-order valence-corrected chi connectivity index (χ0v) is 14.7. The molecule has 0 radical (unpaired) electrons. The minimum Gasteiger partial charge on any atom is -0.490 e. The number of fused-ring (bicyclic) bond motifs is 1. The Balaban J connectivity index is 2.14. The lowest BCUT2D eigenvalue weighted by Gasteiger charge is -2.23. The summed E-state index contributed by atoms with van der Waals surface area (Å²) in [6.45, 7) is 3.14. The molecular formula is C19H18F3NO4. The van der Waals surface area contributed by atoms with Crippen LogP contribution in [0.3, 0.4) is 0 Å². The highest BCUT2D eigenvalue weighted by molar-refractivity contribution is 5.71. The van der Waals surface area contributed by atoms with Crippen LogP contribution in [0.15, 0.2) is 30.3 Å². The number of nitrogens with zero attached hydrogens (tertiary/aromatic N) is 1. The minimum atomic E-state index is -3.03. The number of carbonyl (C=O) groups excluding carboxylic acids is 1. The summed E-state index contributed by atoms with van der Waals surface area (Å²) in [5.74, 6) is -0.605. The number of alkyl halides is 2. The zero-order chi connectivity index (χ0) is 19.8. The van der Waals surface area contributed by atoms with Crippen molar-refractivity contribution >= 4 is 5.97 Å². The molecule has 0 fully saturated rings. The Morgan fingerprint density at radius 3 is 2.63 bits per heavy atom. The van der Waals surface area contributed by atoms with Gasteiger partial charge in [-0.15, -0.1) is 0 Å². The van der Waals surface area contributed by atoms with Crippen molar-refractivity contribution < 1.29 is 32.5 Å². The number of aliphatic hydroxyl groups excluding tert-OH is 1. The number of hydrogen-bond acceptors (Lipinski definition) is 5. The van der Waals surface area contributed by atoms with Gasteiger partial charge in [0.1, 0.15) is 30.5 Å². The second kappa shape index (κ2) is 7.19. The van der Waals surface area contributed by atoms with Gasteiger partial charge in [0.05, 0.1) is 11.1 Å². The van der Waals surface area contributed by atoms with Crippen LogP contribution in [0.5, 0.6) is 5.75 Å². The fourth-order valence-electron chi connectivity index (χ4n) is 2.92. The van der Waals surface area contributed by atoms with Crippen LogP contribution in [0, 0.1) is 5.82 Å². The largest absolute Gasteiger partial charge is 0.490 e. The monoisotopic (exact) mass is 381 g/mol. The van der Waals surface area contributed by atoms with Crippen molar-refractivity contribution in [2.75, 3.05) is 13.2 Å². The Kier molecular flexibility index (Phi) is 5.10. The highest BCUT2D eigenvalue weighted by Gasteiger charge is 2.41. The summed E-state index contributed by atoms with van der Waals surface area (Å²) in [5.41, 5.74) is 0.131. The number of esters is 1. The summed E-state index contributed by atoms with van der Waals surface area (Å²) in [6, 6.07) is 6.66. The van der Waals surface area contributed by atoms with E-state index in [1.807, 2.05) is 0 Å². The van der Waals surface area contributed by atoms with Gasteiger partial charge in [0.25, 0.3) is 6.43 Å². The molecule has 1 N–H and O–H groups in total. The molecule has 1 aromatic heterocycles. The van der Waals surface area contributed by atoms with Crippen molar-refractivity contribution in [1.82, 2.24) is 4.98 Å². The first-order valence-electron chi connectivity index (χ1n) is 8.25. The van der Waals surface area contributed by atoms with Gasteiger partial charge in [-0.2, -0.15) is 0 Å². The highest BCUT2D eigenvalue weighted by atomic mass is 19.3. The first-order valence-corrected chi connectivity index (χ1v) is 8.25. The number of pyridine rings is 1. The lowest BCUT2D eigenvalue weighted by molar-refractivity contribution is -0.142. The number of aromatic nitrogens is 1. The maximum Gasteiger partial charge on any atom is 0.302 e. The van der Waals surface area contributed by atoms with E-state index in [0.717, 1.165) is 0 Å². The molecule has 2 aromatic rings. The Morgan fingerprint density at radius 2 is 2.04 bits per heavy atom. The number of carbonyl (C=O) groups is 1. The van der Waals surface area contributed by atoms with E-state index < -0.39 is 29.7 Å². The standard InChI is InChI=1S/C19H18F3NO4/c1-10(24)26-8-19(2)9-27-17-13(19)7-14(16(25)18(21)22)23-15(17)11-3-5-12(20)6-4-11/h3-7,16,18,25H,8-9H2,1-2H3. The van der Waals surface area contributed by atoms with Crippen LogP contribution in [0.4, 0.5) is 13.2 Å². The average Bonchev–Trinajstić information content (AvgIpc) is 2.97. The van der Waals surface area contributed by atoms with E-state index in [0.29, 0.717) is 16.9 Å². The minimum absolute atomic E-state index is 0.0214. The molecule has 3 rings (SSSR count). The molecule has 8 heteroatoms. The lowest BCUT2D eigenvalue weighted by atomic mass is 9.84. The van der Waals surface area contributed by atoms with Gasteiger partial charge in [-0.3, -0.25) is 4.79 Å². The van der Waals surface area contributed by atoms with Crippen molar-refractivity contribution in [2.45, 2.75) is 31.8 Å².